The first kappa shape index (κ1) is 21.2. The third-order valence-electron chi connectivity index (χ3n) is 3.76. The van der Waals surface area contributed by atoms with E-state index >= 15 is 0 Å². The Balaban J connectivity index is 2.27. The van der Waals surface area contributed by atoms with Gasteiger partial charge in [-0.05, 0) is 75.0 Å². The number of halogens is 2. The summed E-state index contributed by atoms with van der Waals surface area (Å²) in [6, 6.07) is 13.1. The number of nitrogens with zero attached hydrogens (tertiary/aromatic N) is 1. The second-order valence-electron chi connectivity index (χ2n) is 5.97. The summed E-state index contributed by atoms with van der Waals surface area (Å²) < 4.78 is 7.25. The van der Waals surface area contributed by atoms with Gasteiger partial charge in [0.05, 0.1) is 12.3 Å². The lowest BCUT2D eigenvalue weighted by atomic mass is 10.1. The molecule has 0 atom stereocenters. The van der Waals surface area contributed by atoms with E-state index in [1.54, 1.807) is 6.08 Å². The van der Waals surface area contributed by atoms with E-state index in [0.717, 1.165) is 27.4 Å². The van der Waals surface area contributed by atoms with Crippen LogP contribution in [0.1, 0.15) is 30.9 Å². The van der Waals surface area contributed by atoms with Crippen LogP contribution >= 0.6 is 31.9 Å². The van der Waals surface area contributed by atoms with Gasteiger partial charge in [-0.15, -0.1) is 0 Å². The van der Waals surface area contributed by atoms with Crippen molar-refractivity contribution in [2.45, 2.75) is 26.7 Å². The molecule has 0 radical (unpaired) electrons. The smallest absolute Gasteiger partial charge is 0.266 e. The zero-order valence-electron chi connectivity index (χ0n) is 15.2. The third kappa shape index (κ3) is 5.95. The van der Waals surface area contributed by atoms with Gasteiger partial charge >= 0.3 is 0 Å². The number of nitriles is 1. The van der Waals surface area contributed by atoms with Gasteiger partial charge in [0.2, 0.25) is 0 Å². The first-order chi connectivity index (χ1) is 13.0. The molecular weight excluding hydrogens is 472 g/mol. The summed E-state index contributed by atoms with van der Waals surface area (Å²) in [5, 5.41) is 12.3. The highest BCUT2D eigenvalue weighted by Crippen LogP contribution is 2.32. The van der Waals surface area contributed by atoms with Gasteiger partial charge in [0, 0.05) is 14.5 Å². The SMILES string of the molecule is CCCCOc1ccccc1/C=C(\C#N)C(=O)Nc1c(Br)cc(C)cc1Br. The fourth-order valence-corrected chi connectivity index (χ4v) is 3.98. The Kier molecular flexibility index (Phi) is 8.08. The van der Waals surface area contributed by atoms with E-state index in [1.807, 2.05) is 49.4 Å². The number of ether oxygens (including phenoxy) is 1. The number of unbranched alkanes of at least 4 members (excludes halogenated alkanes) is 1. The number of amides is 1. The molecular formula is C21H20Br2N2O2. The second-order valence-corrected chi connectivity index (χ2v) is 7.68. The Labute approximate surface area is 176 Å². The topological polar surface area (TPSA) is 62.1 Å². The molecule has 2 aromatic rings. The minimum Gasteiger partial charge on any atom is -0.493 e. The van der Waals surface area contributed by atoms with E-state index in [2.05, 4.69) is 44.1 Å². The molecule has 0 spiro atoms. The van der Waals surface area contributed by atoms with Crippen molar-refractivity contribution in [2.24, 2.45) is 0 Å². The quantitative estimate of drug-likeness (QED) is 0.283. The maximum Gasteiger partial charge on any atom is 0.266 e. The van der Waals surface area contributed by atoms with Crippen LogP contribution in [0.4, 0.5) is 5.69 Å². The molecule has 2 rings (SSSR count). The Morgan fingerprint density at radius 2 is 1.93 bits per heavy atom. The van der Waals surface area contributed by atoms with Gasteiger partial charge in [0.25, 0.3) is 5.91 Å². The summed E-state index contributed by atoms with van der Waals surface area (Å²) in [7, 11) is 0. The van der Waals surface area contributed by atoms with Crippen LogP contribution in [-0.2, 0) is 4.79 Å². The number of para-hydroxylation sites is 1. The number of nitrogens with one attached hydrogen (secondary N) is 1. The molecule has 0 fully saturated rings. The number of rotatable bonds is 7. The average molecular weight is 492 g/mol. The number of anilines is 1. The van der Waals surface area contributed by atoms with Crippen molar-refractivity contribution < 1.29 is 9.53 Å². The molecule has 0 aliphatic rings. The van der Waals surface area contributed by atoms with Gasteiger partial charge in [-0.25, -0.2) is 0 Å². The maximum absolute atomic E-state index is 12.6. The molecule has 27 heavy (non-hydrogen) atoms. The molecule has 0 aliphatic heterocycles. The van der Waals surface area contributed by atoms with Crippen molar-refractivity contribution in [1.82, 2.24) is 0 Å². The minimum absolute atomic E-state index is 0.000849. The molecule has 1 amide bonds. The van der Waals surface area contributed by atoms with Gasteiger partial charge in [-0.1, -0.05) is 31.5 Å². The lowest BCUT2D eigenvalue weighted by Gasteiger charge is -2.11. The standard InChI is InChI=1S/C21H20Br2N2O2/c1-3-4-9-27-19-8-6-5-7-15(19)12-16(13-24)21(26)25-20-17(22)10-14(2)11-18(20)23/h5-8,10-12H,3-4,9H2,1-2H3,(H,25,26)/b16-12+. The summed E-state index contributed by atoms with van der Waals surface area (Å²) >= 11 is 6.89. The number of carbonyl (C=O) groups is 1. The minimum atomic E-state index is -0.480. The highest BCUT2D eigenvalue weighted by atomic mass is 79.9. The van der Waals surface area contributed by atoms with Gasteiger partial charge < -0.3 is 10.1 Å². The van der Waals surface area contributed by atoms with Crippen LogP contribution in [0.25, 0.3) is 6.08 Å². The first-order valence-corrected chi connectivity index (χ1v) is 10.2. The van der Waals surface area contributed by atoms with Crippen molar-refractivity contribution in [3.05, 3.63) is 62.0 Å². The molecule has 0 heterocycles. The fourth-order valence-electron chi connectivity index (χ4n) is 2.36. The Morgan fingerprint density at radius 1 is 1.26 bits per heavy atom. The molecule has 1 N–H and O–H groups in total. The van der Waals surface area contributed by atoms with Crippen molar-refractivity contribution in [3.63, 3.8) is 0 Å². The molecule has 6 heteroatoms. The Morgan fingerprint density at radius 3 is 2.56 bits per heavy atom. The monoisotopic (exact) mass is 490 g/mol. The summed E-state index contributed by atoms with van der Waals surface area (Å²) in [6.07, 6.45) is 3.52. The summed E-state index contributed by atoms with van der Waals surface area (Å²) in [4.78, 5) is 12.6. The van der Waals surface area contributed by atoms with E-state index in [9.17, 15) is 10.1 Å². The zero-order chi connectivity index (χ0) is 19.8. The number of benzene rings is 2. The highest BCUT2D eigenvalue weighted by molar-refractivity contribution is 9.11. The van der Waals surface area contributed by atoms with E-state index < -0.39 is 5.91 Å². The first-order valence-electron chi connectivity index (χ1n) is 8.57. The van der Waals surface area contributed by atoms with Crippen molar-refractivity contribution in [1.29, 1.82) is 5.26 Å². The number of aryl methyl sites for hydroxylation is 1. The number of hydrogen-bond donors (Lipinski definition) is 1. The summed E-state index contributed by atoms with van der Waals surface area (Å²) in [5.74, 6) is 0.176. The largest absolute Gasteiger partial charge is 0.493 e. The maximum atomic E-state index is 12.6. The van der Waals surface area contributed by atoms with Crippen LogP contribution in [0, 0.1) is 18.3 Å². The fraction of sp³-hybridized carbons (Fsp3) is 0.238. The third-order valence-corrected chi connectivity index (χ3v) is 5.02. The normalized spacial score (nSPS) is 11.0. The molecule has 0 unspecified atom stereocenters. The van der Waals surface area contributed by atoms with Crippen LogP contribution < -0.4 is 10.1 Å². The van der Waals surface area contributed by atoms with Crippen LogP contribution in [0.5, 0.6) is 5.75 Å². The lowest BCUT2D eigenvalue weighted by Crippen LogP contribution is -2.14. The predicted octanol–water partition coefficient (Wildman–Crippen LogP) is 6.24. The Hall–Kier alpha value is -2.10. The zero-order valence-corrected chi connectivity index (χ0v) is 18.4. The molecule has 0 aromatic heterocycles. The van der Waals surface area contributed by atoms with Gasteiger partial charge in [-0.3, -0.25) is 4.79 Å². The summed E-state index contributed by atoms with van der Waals surface area (Å²) in [5.41, 5.74) is 2.32. The van der Waals surface area contributed by atoms with Gasteiger partial charge in [-0.2, -0.15) is 5.26 Å². The van der Waals surface area contributed by atoms with E-state index in [4.69, 9.17) is 4.74 Å². The van der Waals surface area contributed by atoms with Crippen LogP contribution in [0.15, 0.2) is 50.9 Å². The molecule has 140 valence electrons. The van der Waals surface area contributed by atoms with Crippen molar-refractivity contribution >= 4 is 49.5 Å². The highest BCUT2D eigenvalue weighted by Gasteiger charge is 2.15. The second kappa shape index (κ2) is 10.3. The average Bonchev–Trinajstić information content (AvgIpc) is 2.63. The van der Waals surface area contributed by atoms with E-state index in [0.29, 0.717) is 23.6 Å². The van der Waals surface area contributed by atoms with E-state index in [-0.39, 0.29) is 5.57 Å². The Bertz CT molecular complexity index is 878. The van der Waals surface area contributed by atoms with Gasteiger partial charge in [0.15, 0.2) is 0 Å². The summed E-state index contributed by atoms with van der Waals surface area (Å²) in [6.45, 7) is 4.64. The predicted molar refractivity (Wildman–Crippen MR) is 116 cm³/mol. The number of carbonyl (C=O) groups excluding carboxylic acids is 1. The molecule has 0 saturated carbocycles. The van der Waals surface area contributed by atoms with Crippen molar-refractivity contribution in [3.8, 4) is 11.8 Å². The van der Waals surface area contributed by atoms with Crippen molar-refractivity contribution in [2.75, 3.05) is 11.9 Å². The molecule has 0 bridgehead atoms. The lowest BCUT2D eigenvalue weighted by molar-refractivity contribution is -0.112. The van der Waals surface area contributed by atoms with Crippen LogP contribution in [-0.4, -0.2) is 12.5 Å². The molecule has 0 aliphatic carbocycles. The van der Waals surface area contributed by atoms with E-state index in [1.165, 1.54) is 0 Å². The number of hydrogen-bond acceptors (Lipinski definition) is 3. The van der Waals surface area contributed by atoms with Crippen LogP contribution in [0.3, 0.4) is 0 Å². The van der Waals surface area contributed by atoms with Gasteiger partial charge in [0.1, 0.15) is 17.4 Å². The molecule has 4 nitrogen and oxygen atoms in total. The molecule has 2 aromatic carbocycles. The van der Waals surface area contributed by atoms with Crippen LogP contribution in [0.2, 0.25) is 0 Å². The molecule has 0 saturated heterocycles.